The fourth-order valence-electron chi connectivity index (χ4n) is 5.26. The van der Waals surface area contributed by atoms with Crippen LogP contribution in [0.2, 0.25) is 0 Å². The van der Waals surface area contributed by atoms with Crippen LogP contribution in [0.3, 0.4) is 0 Å². The molecule has 0 bridgehead atoms. The van der Waals surface area contributed by atoms with Gasteiger partial charge in [0.2, 0.25) is 0 Å². The monoisotopic (exact) mass is 505 g/mol. The predicted molar refractivity (Wildman–Crippen MR) is 150 cm³/mol. The van der Waals surface area contributed by atoms with Crippen molar-refractivity contribution in [3.05, 3.63) is 96.2 Å². The van der Waals surface area contributed by atoms with Gasteiger partial charge in [-0.1, -0.05) is 54.6 Å². The molecule has 0 atom stereocenters. The highest BCUT2D eigenvalue weighted by Gasteiger charge is 2.31. The number of carbonyl (C=O) groups is 1. The van der Waals surface area contributed by atoms with Crippen LogP contribution in [0.5, 0.6) is 11.5 Å². The number of pyridine rings is 1. The van der Waals surface area contributed by atoms with E-state index >= 15 is 0 Å². The fraction of sp³-hybridized carbons (Fsp3) is 0.250. The van der Waals surface area contributed by atoms with Crippen molar-refractivity contribution in [2.75, 3.05) is 38.3 Å². The van der Waals surface area contributed by atoms with Gasteiger partial charge in [0.15, 0.2) is 11.5 Å². The molecule has 0 N–H and O–H groups in total. The highest BCUT2D eigenvalue weighted by Crippen LogP contribution is 2.36. The van der Waals surface area contributed by atoms with Crippen LogP contribution in [0.1, 0.15) is 28.9 Å². The lowest BCUT2D eigenvalue weighted by Crippen LogP contribution is -2.25. The number of likely N-dealkylation sites (tertiary alicyclic amines) is 1. The summed E-state index contributed by atoms with van der Waals surface area (Å²) in [4.78, 5) is 22.4. The fourth-order valence-corrected chi connectivity index (χ4v) is 5.26. The molecule has 2 aliphatic rings. The van der Waals surface area contributed by atoms with Gasteiger partial charge >= 0.3 is 0 Å². The Labute approximate surface area is 223 Å². The van der Waals surface area contributed by atoms with E-state index in [0.717, 1.165) is 53.3 Å². The van der Waals surface area contributed by atoms with Crippen molar-refractivity contribution in [3.8, 4) is 33.9 Å². The third kappa shape index (κ3) is 4.87. The molecule has 3 aromatic carbocycles. The third-order valence-electron chi connectivity index (χ3n) is 7.34. The lowest BCUT2D eigenvalue weighted by atomic mass is 10.0. The number of amides is 1. The number of nitrogens with zero attached hydrogens (tertiary/aromatic N) is 3. The van der Waals surface area contributed by atoms with Crippen molar-refractivity contribution in [2.45, 2.75) is 19.4 Å². The molecule has 4 aromatic rings. The van der Waals surface area contributed by atoms with Crippen molar-refractivity contribution in [1.29, 1.82) is 0 Å². The van der Waals surface area contributed by atoms with E-state index in [1.807, 2.05) is 60.7 Å². The minimum absolute atomic E-state index is 0.106. The normalized spacial score (nSPS) is 15.1. The summed E-state index contributed by atoms with van der Waals surface area (Å²) in [5.41, 5.74) is 6.22. The van der Waals surface area contributed by atoms with Gasteiger partial charge in [0.1, 0.15) is 12.3 Å². The van der Waals surface area contributed by atoms with Gasteiger partial charge in [0.05, 0.1) is 19.3 Å². The van der Waals surface area contributed by atoms with Crippen molar-refractivity contribution in [1.82, 2.24) is 9.88 Å². The summed E-state index contributed by atoms with van der Waals surface area (Å²) in [6.07, 6.45) is 2.53. The number of hydrogen-bond acceptors (Lipinski definition) is 5. The Bertz CT molecular complexity index is 1450. The van der Waals surface area contributed by atoms with Gasteiger partial charge in [0, 0.05) is 29.4 Å². The van der Waals surface area contributed by atoms with E-state index in [9.17, 15) is 4.79 Å². The van der Waals surface area contributed by atoms with E-state index in [1.165, 1.54) is 12.8 Å². The minimum Gasteiger partial charge on any atom is -0.493 e. The number of benzene rings is 3. The number of fused-ring (bicyclic) bond motifs is 1. The molecule has 1 fully saturated rings. The van der Waals surface area contributed by atoms with Crippen molar-refractivity contribution < 1.29 is 14.3 Å². The molecule has 6 rings (SSSR count). The topological polar surface area (TPSA) is 54.9 Å². The first-order valence-corrected chi connectivity index (χ1v) is 13.2. The molecule has 1 aromatic heterocycles. The molecule has 6 heteroatoms. The molecule has 0 unspecified atom stereocenters. The lowest BCUT2D eigenvalue weighted by Gasteiger charge is -2.19. The zero-order valence-corrected chi connectivity index (χ0v) is 21.6. The van der Waals surface area contributed by atoms with Crippen LogP contribution >= 0.6 is 0 Å². The summed E-state index contributed by atoms with van der Waals surface area (Å²) in [7, 11) is 1.63. The third-order valence-corrected chi connectivity index (χ3v) is 7.34. The van der Waals surface area contributed by atoms with Crippen molar-refractivity contribution >= 4 is 11.6 Å². The summed E-state index contributed by atoms with van der Waals surface area (Å²) >= 11 is 0. The maximum Gasteiger partial charge on any atom is 0.277 e. The maximum absolute atomic E-state index is 13.5. The number of rotatable bonds is 8. The second-order valence-corrected chi connectivity index (χ2v) is 9.77. The number of carbonyl (C=O) groups excluding carboxylic acids is 1. The minimum atomic E-state index is -0.106. The van der Waals surface area contributed by atoms with Gasteiger partial charge in [-0.25, -0.2) is 4.98 Å². The number of aromatic nitrogens is 1. The first-order chi connectivity index (χ1) is 18.7. The van der Waals surface area contributed by atoms with Gasteiger partial charge < -0.3 is 14.4 Å². The van der Waals surface area contributed by atoms with Crippen LogP contribution in [-0.4, -0.2) is 49.1 Å². The van der Waals surface area contributed by atoms with Crippen LogP contribution in [0, 0.1) is 0 Å². The Morgan fingerprint density at radius 1 is 0.816 bits per heavy atom. The average molecular weight is 506 g/mol. The van der Waals surface area contributed by atoms with E-state index in [1.54, 1.807) is 12.0 Å². The first-order valence-electron chi connectivity index (χ1n) is 13.2. The second-order valence-electron chi connectivity index (χ2n) is 9.77. The molecule has 192 valence electrons. The Kier molecular flexibility index (Phi) is 6.80. The molecule has 0 radical (unpaired) electrons. The van der Waals surface area contributed by atoms with Gasteiger partial charge in [-0.15, -0.1) is 0 Å². The number of ether oxygens (including phenoxy) is 2. The Morgan fingerprint density at radius 3 is 2.42 bits per heavy atom. The summed E-state index contributed by atoms with van der Waals surface area (Å²) in [5.74, 6) is 1.21. The molecule has 0 aliphatic carbocycles. The largest absolute Gasteiger partial charge is 0.493 e. The number of hydrogen-bond donors (Lipinski definition) is 0. The van der Waals surface area contributed by atoms with Gasteiger partial charge in [-0.05, 0) is 61.3 Å². The molecule has 38 heavy (non-hydrogen) atoms. The molecule has 6 nitrogen and oxygen atoms in total. The highest BCUT2D eigenvalue weighted by atomic mass is 16.5. The zero-order chi connectivity index (χ0) is 25.9. The van der Waals surface area contributed by atoms with Gasteiger partial charge in [0.25, 0.3) is 5.91 Å². The Hall–Kier alpha value is -4.16. The van der Waals surface area contributed by atoms with E-state index in [2.05, 4.69) is 29.2 Å². The van der Waals surface area contributed by atoms with E-state index in [-0.39, 0.29) is 5.91 Å². The maximum atomic E-state index is 13.5. The number of methoxy groups -OCH3 is 1. The second kappa shape index (κ2) is 10.7. The first kappa shape index (κ1) is 24.2. The summed E-state index contributed by atoms with van der Waals surface area (Å²) in [6, 6.07) is 28.2. The van der Waals surface area contributed by atoms with Crippen LogP contribution in [0.4, 0.5) is 5.69 Å². The van der Waals surface area contributed by atoms with E-state index in [0.29, 0.717) is 30.3 Å². The standard InChI is InChI=1S/C32H31N3O3/c1-37-30-21-27(13-15-29(30)38-19-18-34-16-5-6-17-34)35-22-26-12-14-28(33-31(26)32(35)36)25-11-7-10-24(20-25)23-8-3-2-4-9-23/h2-4,7-15,20-21H,5-6,16-19,22H2,1H3. The Balaban J connectivity index is 1.20. The molecule has 0 saturated carbocycles. The SMILES string of the molecule is COc1cc(N2Cc3ccc(-c4cccc(-c5ccccc5)c4)nc3C2=O)ccc1OCCN1CCCC1. The zero-order valence-electron chi connectivity index (χ0n) is 21.6. The number of anilines is 1. The smallest absolute Gasteiger partial charge is 0.277 e. The predicted octanol–water partition coefficient (Wildman–Crippen LogP) is 6.06. The molecule has 2 aliphatic heterocycles. The van der Waals surface area contributed by atoms with Crippen molar-refractivity contribution in [2.24, 2.45) is 0 Å². The van der Waals surface area contributed by atoms with Crippen LogP contribution in [0.25, 0.3) is 22.4 Å². The molecule has 0 spiro atoms. The molecule has 1 amide bonds. The summed E-state index contributed by atoms with van der Waals surface area (Å²) in [5, 5.41) is 0. The molecular weight excluding hydrogens is 474 g/mol. The van der Waals surface area contributed by atoms with Gasteiger partial charge in [-0.2, -0.15) is 0 Å². The van der Waals surface area contributed by atoms with Crippen LogP contribution < -0.4 is 14.4 Å². The summed E-state index contributed by atoms with van der Waals surface area (Å²) < 4.78 is 11.6. The van der Waals surface area contributed by atoms with Gasteiger partial charge in [-0.3, -0.25) is 9.69 Å². The van der Waals surface area contributed by atoms with Crippen LogP contribution in [0.15, 0.2) is 84.9 Å². The van der Waals surface area contributed by atoms with Crippen LogP contribution in [-0.2, 0) is 6.54 Å². The average Bonchev–Trinajstić information content (AvgIpc) is 3.61. The quantitative estimate of drug-likeness (QED) is 0.291. The summed E-state index contributed by atoms with van der Waals surface area (Å²) in [6.45, 7) is 4.29. The highest BCUT2D eigenvalue weighted by molar-refractivity contribution is 6.09. The van der Waals surface area contributed by atoms with Crippen molar-refractivity contribution in [3.63, 3.8) is 0 Å². The molecule has 3 heterocycles. The van der Waals surface area contributed by atoms with E-state index in [4.69, 9.17) is 14.5 Å². The molecule has 1 saturated heterocycles. The van der Waals surface area contributed by atoms with E-state index < -0.39 is 0 Å². The Morgan fingerprint density at radius 2 is 1.61 bits per heavy atom. The molecular formula is C32H31N3O3. The lowest BCUT2D eigenvalue weighted by molar-refractivity contribution is 0.0992.